The molecule has 0 fully saturated rings. The van der Waals surface area contributed by atoms with Crippen LogP contribution in [0.4, 0.5) is 0 Å². The molecular formula is C7H13N. The Morgan fingerprint density at radius 2 is 1.88 bits per heavy atom. The normalized spacial score (nSPS) is 14.5. The average Bonchev–Trinajstić information content (AvgIpc) is 1.84. The highest BCUT2D eigenvalue weighted by molar-refractivity contribution is 5.97. The zero-order valence-corrected chi connectivity index (χ0v) is 6.02. The van der Waals surface area contributed by atoms with E-state index in [2.05, 4.69) is 18.0 Å². The monoisotopic (exact) mass is 111 g/mol. The van der Waals surface area contributed by atoms with E-state index in [9.17, 15) is 0 Å². The fourth-order valence-electron chi connectivity index (χ4n) is 0.385. The molecule has 1 heteroatoms. The summed E-state index contributed by atoms with van der Waals surface area (Å²) in [6.07, 6.45) is 2.06. The van der Waals surface area contributed by atoms with Crippen molar-refractivity contribution in [2.24, 2.45) is 4.99 Å². The maximum atomic E-state index is 4.01. The first-order valence-corrected chi connectivity index (χ1v) is 2.79. The highest BCUT2D eigenvalue weighted by Gasteiger charge is 1.86. The van der Waals surface area contributed by atoms with Gasteiger partial charge in [0.15, 0.2) is 0 Å². The molecule has 0 aromatic heterocycles. The average molecular weight is 111 g/mol. The van der Waals surface area contributed by atoms with E-state index >= 15 is 0 Å². The van der Waals surface area contributed by atoms with Crippen LogP contribution in [0.2, 0.25) is 0 Å². The van der Waals surface area contributed by atoms with Gasteiger partial charge in [-0.15, -0.1) is 0 Å². The molecule has 0 spiro atoms. The van der Waals surface area contributed by atoms with Gasteiger partial charge in [0, 0.05) is 12.8 Å². The maximum Gasteiger partial charge on any atom is 0.0339 e. The lowest BCUT2D eigenvalue weighted by molar-refractivity contribution is 1.38. The quantitative estimate of drug-likeness (QED) is 0.459. The number of hydrogen-bond acceptors (Lipinski definition) is 1. The second-order valence-electron chi connectivity index (χ2n) is 1.78. The molecule has 0 bridgehead atoms. The summed E-state index contributed by atoms with van der Waals surface area (Å²) >= 11 is 0. The van der Waals surface area contributed by atoms with Crippen molar-refractivity contribution in [1.82, 2.24) is 0 Å². The molecule has 0 unspecified atom stereocenters. The fourth-order valence-corrected chi connectivity index (χ4v) is 0.385. The van der Waals surface area contributed by atoms with Crippen LogP contribution >= 0.6 is 0 Å². The van der Waals surface area contributed by atoms with Crippen LogP contribution in [0.25, 0.3) is 0 Å². The third-order valence-electron chi connectivity index (χ3n) is 1.34. The molecular weight excluding hydrogens is 98.1 g/mol. The van der Waals surface area contributed by atoms with Gasteiger partial charge in [0.05, 0.1) is 0 Å². The van der Waals surface area contributed by atoms with Gasteiger partial charge in [-0.2, -0.15) is 0 Å². The smallest absolute Gasteiger partial charge is 0.0339 e. The lowest BCUT2D eigenvalue weighted by Crippen LogP contribution is -1.90. The van der Waals surface area contributed by atoms with Crippen LogP contribution in [-0.4, -0.2) is 12.8 Å². The Balaban J connectivity index is 4.04. The second-order valence-corrected chi connectivity index (χ2v) is 1.78. The third kappa shape index (κ3) is 1.92. The Morgan fingerprint density at radius 3 is 2.00 bits per heavy atom. The first-order valence-electron chi connectivity index (χ1n) is 2.79. The lowest BCUT2D eigenvalue weighted by atomic mass is 10.2. The molecule has 0 saturated heterocycles. The summed E-state index contributed by atoms with van der Waals surface area (Å²) in [4.78, 5) is 4.01. The summed E-state index contributed by atoms with van der Waals surface area (Å²) in [5.74, 6) is 0. The van der Waals surface area contributed by atoms with Crippen LogP contribution in [0.15, 0.2) is 16.6 Å². The van der Waals surface area contributed by atoms with Gasteiger partial charge in [-0.1, -0.05) is 6.08 Å². The Kier molecular flexibility index (Phi) is 3.16. The number of aliphatic imine (C=N–C) groups is 1. The van der Waals surface area contributed by atoms with E-state index in [0.29, 0.717) is 0 Å². The predicted octanol–water partition coefficient (Wildman–Crippen LogP) is 2.04. The number of nitrogens with zero attached hydrogens (tertiary/aromatic N) is 1. The molecule has 0 heterocycles. The molecule has 0 radical (unpaired) electrons. The van der Waals surface area contributed by atoms with Crippen molar-refractivity contribution < 1.29 is 0 Å². The van der Waals surface area contributed by atoms with E-state index in [4.69, 9.17) is 0 Å². The molecule has 0 saturated carbocycles. The van der Waals surface area contributed by atoms with Crippen molar-refractivity contribution >= 4 is 5.71 Å². The van der Waals surface area contributed by atoms with Crippen molar-refractivity contribution in [2.75, 3.05) is 7.05 Å². The van der Waals surface area contributed by atoms with Crippen LogP contribution < -0.4 is 0 Å². The van der Waals surface area contributed by atoms with Gasteiger partial charge in [-0.25, -0.2) is 0 Å². The van der Waals surface area contributed by atoms with E-state index in [1.165, 1.54) is 5.57 Å². The third-order valence-corrected chi connectivity index (χ3v) is 1.34. The lowest BCUT2D eigenvalue weighted by Gasteiger charge is -1.93. The molecule has 0 aliphatic carbocycles. The number of rotatable bonds is 1. The van der Waals surface area contributed by atoms with Crippen LogP contribution in [0.1, 0.15) is 20.8 Å². The molecule has 0 aliphatic heterocycles. The summed E-state index contributed by atoms with van der Waals surface area (Å²) in [6.45, 7) is 6.08. The van der Waals surface area contributed by atoms with Crippen molar-refractivity contribution in [1.29, 1.82) is 0 Å². The predicted molar refractivity (Wildman–Crippen MR) is 38.5 cm³/mol. The molecule has 46 valence electrons. The van der Waals surface area contributed by atoms with E-state index < -0.39 is 0 Å². The minimum absolute atomic E-state index is 1.12. The largest absolute Gasteiger partial charge is 0.293 e. The zero-order valence-electron chi connectivity index (χ0n) is 6.02. The Morgan fingerprint density at radius 1 is 1.38 bits per heavy atom. The highest BCUT2D eigenvalue weighted by Crippen LogP contribution is 1.93. The molecule has 0 atom stereocenters. The van der Waals surface area contributed by atoms with Crippen molar-refractivity contribution in [3.8, 4) is 0 Å². The molecule has 1 nitrogen and oxygen atoms in total. The van der Waals surface area contributed by atoms with Gasteiger partial charge in [-0.05, 0) is 26.3 Å². The summed E-state index contributed by atoms with van der Waals surface area (Å²) in [5, 5.41) is 0. The number of hydrogen-bond donors (Lipinski definition) is 0. The standard InChI is InChI=1S/C7H13N/c1-5-6(2)7(3)8-4/h5H,1-4H3. The van der Waals surface area contributed by atoms with Crippen LogP contribution in [0.5, 0.6) is 0 Å². The van der Waals surface area contributed by atoms with Crippen LogP contribution in [0, 0.1) is 0 Å². The maximum absolute atomic E-state index is 4.01. The van der Waals surface area contributed by atoms with E-state index in [1.807, 2.05) is 20.9 Å². The van der Waals surface area contributed by atoms with Gasteiger partial charge in [-0.3, -0.25) is 4.99 Å². The van der Waals surface area contributed by atoms with Gasteiger partial charge >= 0.3 is 0 Å². The molecule has 0 N–H and O–H groups in total. The van der Waals surface area contributed by atoms with Gasteiger partial charge in [0.25, 0.3) is 0 Å². The molecule has 8 heavy (non-hydrogen) atoms. The Hall–Kier alpha value is -0.590. The first kappa shape index (κ1) is 7.41. The first-order chi connectivity index (χ1) is 3.72. The van der Waals surface area contributed by atoms with Crippen LogP contribution in [0.3, 0.4) is 0 Å². The van der Waals surface area contributed by atoms with E-state index in [0.717, 1.165) is 5.71 Å². The van der Waals surface area contributed by atoms with E-state index in [1.54, 1.807) is 0 Å². The SMILES string of the molecule is CC=C(C)C(C)=NC. The second kappa shape index (κ2) is 3.42. The Labute approximate surface area is 51.1 Å². The minimum atomic E-state index is 1.12. The summed E-state index contributed by atoms with van der Waals surface area (Å²) in [5.41, 5.74) is 2.38. The summed E-state index contributed by atoms with van der Waals surface area (Å²) in [6, 6.07) is 0. The molecule has 0 rings (SSSR count). The van der Waals surface area contributed by atoms with Gasteiger partial charge in [0.1, 0.15) is 0 Å². The van der Waals surface area contributed by atoms with Gasteiger partial charge < -0.3 is 0 Å². The van der Waals surface area contributed by atoms with E-state index in [-0.39, 0.29) is 0 Å². The molecule has 0 amide bonds. The van der Waals surface area contributed by atoms with Crippen LogP contribution in [-0.2, 0) is 0 Å². The summed E-state index contributed by atoms with van der Waals surface area (Å²) < 4.78 is 0. The molecule has 0 aromatic carbocycles. The fraction of sp³-hybridized carbons (Fsp3) is 0.571. The van der Waals surface area contributed by atoms with Gasteiger partial charge in [0.2, 0.25) is 0 Å². The van der Waals surface area contributed by atoms with Crippen molar-refractivity contribution in [2.45, 2.75) is 20.8 Å². The van der Waals surface area contributed by atoms with Crippen molar-refractivity contribution in [3.63, 3.8) is 0 Å². The Bertz CT molecular complexity index is 104. The summed E-state index contributed by atoms with van der Waals surface area (Å²) in [7, 11) is 1.81. The highest BCUT2D eigenvalue weighted by atomic mass is 14.7. The minimum Gasteiger partial charge on any atom is -0.293 e. The molecule has 0 aromatic rings. The van der Waals surface area contributed by atoms with Crippen molar-refractivity contribution in [3.05, 3.63) is 11.6 Å². The molecule has 0 aliphatic rings. The topological polar surface area (TPSA) is 12.4 Å². The number of allylic oxidation sites excluding steroid dienone is 2. The zero-order chi connectivity index (χ0) is 6.57.